The minimum absolute atomic E-state index is 0.0628. The van der Waals surface area contributed by atoms with E-state index in [-0.39, 0.29) is 11.9 Å². The molecule has 0 aliphatic carbocycles. The van der Waals surface area contributed by atoms with E-state index in [1.54, 1.807) is 42.5 Å². The predicted molar refractivity (Wildman–Crippen MR) is 101 cm³/mol. The molecule has 1 heterocycles. The third-order valence-electron chi connectivity index (χ3n) is 3.94. The van der Waals surface area contributed by atoms with E-state index >= 15 is 0 Å². The Hall–Kier alpha value is -3.41. The zero-order valence-corrected chi connectivity index (χ0v) is 15.4. The summed E-state index contributed by atoms with van der Waals surface area (Å²) in [6.45, 7) is 3.83. The van der Waals surface area contributed by atoms with Gasteiger partial charge in [0.25, 0.3) is 5.91 Å². The molecule has 2 aromatic carbocycles. The number of ether oxygens (including phenoxy) is 1. The lowest BCUT2D eigenvalue weighted by Crippen LogP contribution is -2.30. The van der Waals surface area contributed by atoms with E-state index in [1.165, 1.54) is 7.11 Å². The first-order valence-corrected chi connectivity index (χ1v) is 8.54. The number of rotatable bonds is 5. The van der Waals surface area contributed by atoms with E-state index in [0.29, 0.717) is 22.6 Å². The van der Waals surface area contributed by atoms with Crippen molar-refractivity contribution in [3.05, 3.63) is 65.7 Å². The fourth-order valence-corrected chi connectivity index (χ4v) is 2.60. The van der Waals surface area contributed by atoms with Gasteiger partial charge in [-0.15, -0.1) is 0 Å². The summed E-state index contributed by atoms with van der Waals surface area (Å²) in [6.07, 6.45) is 0. The first-order chi connectivity index (χ1) is 13.0. The van der Waals surface area contributed by atoms with Crippen molar-refractivity contribution >= 4 is 11.9 Å². The summed E-state index contributed by atoms with van der Waals surface area (Å²) in [5.74, 6) is 0.0451. The molecular weight excluding hydrogens is 344 g/mol. The maximum Gasteiger partial charge on any atom is 0.337 e. The van der Waals surface area contributed by atoms with Gasteiger partial charge in [-0.05, 0) is 38.1 Å². The van der Waals surface area contributed by atoms with Crippen LogP contribution in [-0.2, 0) is 4.74 Å². The normalized spacial score (nSPS) is 10.7. The molecule has 0 atom stereocenters. The summed E-state index contributed by atoms with van der Waals surface area (Å²) in [4.78, 5) is 23.7. The number of nitrogens with zero attached hydrogens (tertiary/aromatic N) is 1. The molecule has 0 saturated carbocycles. The summed E-state index contributed by atoms with van der Waals surface area (Å²) in [5.41, 5.74) is 3.22. The molecule has 6 nitrogen and oxygen atoms in total. The quantitative estimate of drug-likeness (QED) is 0.694. The molecule has 0 saturated heterocycles. The van der Waals surface area contributed by atoms with Gasteiger partial charge in [0.15, 0.2) is 5.76 Å². The SMILES string of the molecule is COC(=O)c1ccc(-c2cc(-c3cccc(C(=O)NC(C)C)c3)no2)cc1. The topological polar surface area (TPSA) is 81.4 Å². The van der Waals surface area contributed by atoms with Crippen LogP contribution in [0.1, 0.15) is 34.6 Å². The summed E-state index contributed by atoms with van der Waals surface area (Å²) in [6, 6.07) is 15.9. The number of carbonyl (C=O) groups is 2. The first-order valence-electron chi connectivity index (χ1n) is 8.54. The van der Waals surface area contributed by atoms with E-state index in [0.717, 1.165) is 11.1 Å². The molecule has 0 radical (unpaired) electrons. The Kier molecular flexibility index (Phi) is 5.35. The fraction of sp³-hybridized carbons (Fsp3) is 0.190. The lowest BCUT2D eigenvalue weighted by Gasteiger charge is -2.08. The number of nitrogens with one attached hydrogen (secondary N) is 1. The Morgan fingerprint density at radius 2 is 1.74 bits per heavy atom. The highest BCUT2D eigenvalue weighted by atomic mass is 16.5. The van der Waals surface area contributed by atoms with Crippen LogP contribution in [0.5, 0.6) is 0 Å². The molecule has 6 heteroatoms. The minimum atomic E-state index is -0.392. The van der Waals surface area contributed by atoms with Crippen molar-refractivity contribution in [3.8, 4) is 22.6 Å². The third kappa shape index (κ3) is 4.23. The third-order valence-corrected chi connectivity index (χ3v) is 3.94. The highest BCUT2D eigenvalue weighted by Crippen LogP contribution is 2.27. The number of amides is 1. The highest BCUT2D eigenvalue weighted by molar-refractivity contribution is 5.95. The number of methoxy groups -OCH3 is 1. The summed E-state index contributed by atoms with van der Waals surface area (Å²) in [7, 11) is 1.34. The van der Waals surface area contributed by atoms with Crippen LogP contribution in [0.2, 0.25) is 0 Å². The van der Waals surface area contributed by atoms with Crippen LogP contribution in [0.25, 0.3) is 22.6 Å². The number of hydrogen-bond donors (Lipinski definition) is 1. The van der Waals surface area contributed by atoms with Gasteiger partial charge in [-0.3, -0.25) is 4.79 Å². The van der Waals surface area contributed by atoms with Crippen molar-refractivity contribution < 1.29 is 18.8 Å². The number of benzene rings is 2. The molecule has 0 aliphatic rings. The minimum Gasteiger partial charge on any atom is -0.465 e. The fourth-order valence-electron chi connectivity index (χ4n) is 2.60. The van der Waals surface area contributed by atoms with Gasteiger partial charge in [0.2, 0.25) is 0 Å². The van der Waals surface area contributed by atoms with Crippen molar-refractivity contribution in [2.24, 2.45) is 0 Å². The zero-order chi connectivity index (χ0) is 19.4. The summed E-state index contributed by atoms with van der Waals surface area (Å²) in [5, 5.41) is 6.97. The molecule has 3 rings (SSSR count). The van der Waals surface area contributed by atoms with E-state index < -0.39 is 5.97 Å². The summed E-state index contributed by atoms with van der Waals surface area (Å²) >= 11 is 0. The second kappa shape index (κ2) is 7.86. The molecule has 0 bridgehead atoms. The van der Waals surface area contributed by atoms with Crippen LogP contribution in [-0.4, -0.2) is 30.2 Å². The van der Waals surface area contributed by atoms with Crippen LogP contribution < -0.4 is 5.32 Å². The maximum absolute atomic E-state index is 12.2. The Morgan fingerprint density at radius 3 is 2.41 bits per heavy atom. The molecule has 1 amide bonds. The molecule has 1 aromatic heterocycles. The van der Waals surface area contributed by atoms with Crippen LogP contribution in [0.3, 0.4) is 0 Å². The molecule has 0 aliphatic heterocycles. The van der Waals surface area contributed by atoms with E-state index in [9.17, 15) is 9.59 Å². The number of esters is 1. The van der Waals surface area contributed by atoms with E-state index in [2.05, 4.69) is 10.5 Å². The van der Waals surface area contributed by atoms with Crippen molar-refractivity contribution in [2.75, 3.05) is 7.11 Å². The molecule has 138 valence electrons. The molecular formula is C21H20N2O4. The summed E-state index contributed by atoms with van der Waals surface area (Å²) < 4.78 is 10.1. The van der Waals surface area contributed by atoms with Crippen LogP contribution in [0, 0.1) is 0 Å². The molecule has 0 spiro atoms. The smallest absolute Gasteiger partial charge is 0.337 e. The van der Waals surface area contributed by atoms with E-state index in [4.69, 9.17) is 9.26 Å². The van der Waals surface area contributed by atoms with Crippen molar-refractivity contribution in [2.45, 2.75) is 19.9 Å². The molecule has 0 unspecified atom stereocenters. The Balaban J connectivity index is 1.83. The molecule has 0 fully saturated rings. The second-order valence-corrected chi connectivity index (χ2v) is 6.35. The lowest BCUT2D eigenvalue weighted by atomic mass is 10.1. The van der Waals surface area contributed by atoms with Crippen LogP contribution in [0.15, 0.2) is 59.1 Å². The monoisotopic (exact) mass is 364 g/mol. The molecule has 1 N–H and O–H groups in total. The first kappa shape index (κ1) is 18.4. The average molecular weight is 364 g/mol. The van der Waals surface area contributed by atoms with Gasteiger partial charge in [0.05, 0.1) is 12.7 Å². The van der Waals surface area contributed by atoms with Gasteiger partial charge in [-0.1, -0.05) is 29.4 Å². The Bertz CT molecular complexity index is 958. The van der Waals surface area contributed by atoms with Crippen LogP contribution in [0.4, 0.5) is 0 Å². The van der Waals surface area contributed by atoms with Gasteiger partial charge < -0.3 is 14.6 Å². The maximum atomic E-state index is 12.2. The van der Waals surface area contributed by atoms with Crippen LogP contribution >= 0.6 is 0 Å². The van der Waals surface area contributed by atoms with Gasteiger partial charge in [0, 0.05) is 28.8 Å². The Labute approximate surface area is 157 Å². The number of hydrogen-bond acceptors (Lipinski definition) is 5. The standard InChI is InChI=1S/C21H20N2O4/c1-13(2)22-20(24)17-6-4-5-16(11-17)18-12-19(27-23-18)14-7-9-15(10-8-14)21(25)26-3/h4-13H,1-3H3,(H,22,24). The van der Waals surface area contributed by atoms with Crippen molar-refractivity contribution in [1.29, 1.82) is 0 Å². The molecule has 27 heavy (non-hydrogen) atoms. The van der Waals surface area contributed by atoms with Gasteiger partial charge >= 0.3 is 5.97 Å². The van der Waals surface area contributed by atoms with Gasteiger partial charge in [-0.25, -0.2) is 4.79 Å². The largest absolute Gasteiger partial charge is 0.465 e. The zero-order valence-electron chi connectivity index (χ0n) is 15.4. The predicted octanol–water partition coefficient (Wildman–Crippen LogP) is 3.93. The molecule has 3 aromatic rings. The lowest BCUT2D eigenvalue weighted by molar-refractivity contribution is 0.0600. The van der Waals surface area contributed by atoms with Crippen molar-refractivity contribution in [3.63, 3.8) is 0 Å². The van der Waals surface area contributed by atoms with E-state index in [1.807, 2.05) is 26.0 Å². The average Bonchev–Trinajstić information content (AvgIpc) is 3.17. The Morgan fingerprint density at radius 1 is 1.00 bits per heavy atom. The van der Waals surface area contributed by atoms with Crippen molar-refractivity contribution in [1.82, 2.24) is 10.5 Å². The van der Waals surface area contributed by atoms with Gasteiger partial charge in [0.1, 0.15) is 5.69 Å². The van der Waals surface area contributed by atoms with Gasteiger partial charge in [-0.2, -0.15) is 0 Å². The second-order valence-electron chi connectivity index (χ2n) is 6.35. The highest BCUT2D eigenvalue weighted by Gasteiger charge is 2.13. The number of aromatic nitrogens is 1. The number of carbonyl (C=O) groups excluding carboxylic acids is 2.